The van der Waals surface area contributed by atoms with Gasteiger partial charge in [0.25, 0.3) is 5.56 Å². The molecule has 0 aliphatic heterocycles. The predicted octanol–water partition coefficient (Wildman–Crippen LogP) is 1.90. The van der Waals surface area contributed by atoms with E-state index in [1.165, 1.54) is 11.6 Å². The number of aromatic nitrogens is 2. The molecule has 0 atom stereocenters. The summed E-state index contributed by atoms with van der Waals surface area (Å²) in [5, 5.41) is 0. The first kappa shape index (κ1) is 11.9. The average molecular weight is 294 g/mol. The van der Waals surface area contributed by atoms with Gasteiger partial charge in [0.15, 0.2) is 0 Å². The summed E-state index contributed by atoms with van der Waals surface area (Å²) in [6.45, 7) is 0. The van der Waals surface area contributed by atoms with E-state index < -0.39 is 0 Å². The second-order valence-corrected chi connectivity index (χ2v) is 4.66. The number of benzene rings is 1. The lowest BCUT2D eigenvalue weighted by atomic mass is 10.1. The molecule has 1 aromatic carbocycles. The second kappa shape index (κ2) is 5.14. The van der Waals surface area contributed by atoms with E-state index in [2.05, 4.69) is 25.9 Å². The monoisotopic (exact) mass is 293 g/mol. The van der Waals surface area contributed by atoms with Crippen molar-refractivity contribution in [1.82, 2.24) is 9.97 Å². The van der Waals surface area contributed by atoms with Crippen molar-refractivity contribution in [2.45, 2.75) is 12.8 Å². The smallest absolute Gasteiger partial charge is 0.252 e. The van der Waals surface area contributed by atoms with Crippen LogP contribution in [0.5, 0.6) is 0 Å². The molecule has 2 rings (SSSR count). The number of nitrogens with one attached hydrogen (secondary N) is 1. The van der Waals surface area contributed by atoms with Crippen molar-refractivity contribution in [2.24, 2.45) is 0 Å². The average Bonchev–Trinajstić information content (AvgIpc) is 2.25. The van der Waals surface area contributed by atoms with E-state index in [0.29, 0.717) is 12.2 Å². The SMILES string of the molecule is Nc1cc(=O)[nH]c(CCc2cccc(Br)c2)n1. The van der Waals surface area contributed by atoms with Gasteiger partial charge in [0.1, 0.15) is 11.6 Å². The highest BCUT2D eigenvalue weighted by Gasteiger charge is 2.00. The second-order valence-electron chi connectivity index (χ2n) is 3.75. The number of rotatable bonds is 3. The standard InChI is InChI=1S/C12H12BrN3O/c13-9-3-1-2-8(6-9)4-5-11-15-10(14)7-12(17)16-11/h1-3,6-7H,4-5H2,(H3,14,15,16,17). The number of H-pyrrole nitrogens is 1. The van der Waals surface area contributed by atoms with Crippen molar-refractivity contribution < 1.29 is 0 Å². The van der Waals surface area contributed by atoms with Crippen LogP contribution in [0.3, 0.4) is 0 Å². The Kier molecular flexibility index (Phi) is 3.58. The van der Waals surface area contributed by atoms with Crippen LogP contribution in [0, 0.1) is 0 Å². The number of anilines is 1. The zero-order valence-electron chi connectivity index (χ0n) is 9.11. The Morgan fingerprint density at radius 1 is 1.29 bits per heavy atom. The zero-order valence-corrected chi connectivity index (χ0v) is 10.7. The highest BCUT2D eigenvalue weighted by atomic mass is 79.9. The van der Waals surface area contributed by atoms with Crippen molar-refractivity contribution in [3.8, 4) is 0 Å². The lowest BCUT2D eigenvalue weighted by Crippen LogP contribution is -2.12. The molecule has 17 heavy (non-hydrogen) atoms. The Labute approximate surface area is 107 Å². The Morgan fingerprint density at radius 3 is 2.82 bits per heavy atom. The maximum atomic E-state index is 11.2. The molecular weight excluding hydrogens is 282 g/mol. The highest BCUT2D eigenvalue weighted by molar-refractivity contribution is 9.10. The van der Waals surface area contributed by atoms with Gasteiger partial charge in [-0.05, 0) is 24.1 Å². The van der Waals surface area contributed by atoms with Gasteiger partial charge in [-0.2, -0.15) is 0 Å². The van der Waals surface area contributed by atoms with Crippen molar-refractivity contribution in [1.29, 1.82) is 0 Å². The van der Waals surface area contributed by atoms with Gasteiger partial charge in [-0.15, -0.1) is 0 Å². The van der Waals surface area contributed by atoms with Crippen molar-refractivity contribution in [3.05, 3.63) is 56.5 Å². The highest BCUT2D eigenvalue weighted by Crippen LogP contribution is 2.13. The number of hydrogen-bond donors (Lipinski definition) is 2. The molecule has 0 aliphatic rings. The van der Waals surface area contributed by atoms with E-state index in [1.54, 1.807) is 0 Å². The van der Waals surface area contributed by atoms with E-state index in [9.17, 15) is 4.79 Å². The van der Waals surface area contributed by atoms with Crippen LogP contribution in [-0.4, -0.2) is 9.97 Å². The summed E-state index contributed by atoms with van der Waals surface area (Å²) in [6, 6.07) is 9.32. The summed E-state index contributed by atoms with van der Waals surface area (Å²) in [6.07, 6.45) is 1.47. The summed E-state index contributed by atoms with van der Waals surface area (Å²) in [4.78, 5) is 18.0. The third kappa shape index (κ3) is 3.42. The van der Waals surface area contributed by atoms with E-state index >= 15 is 0 Å². The first-order chi connectivity index (χ1) is 8.13. The molecule has 3 N–H and O–H groups in total. The number of aromatic amines is 1. The maximum Gasteiger partial charge on any atom is 0.252 e. The summed E-state index contributed by atoms with van der Waals surface area (Å²) in [5.41, 5.74) is 6.49. The molecule has 1 heterocycles. The maximum absolute atomic E-state index is 11.2. The van der Waals surface area contributed by atoms with E-state index in [-0.39, 0.29) is 11.4 Å². The third-order valence-corrected chi connectivity index (χ3v) is 2.84. The molecule has 0 unspecified atom stereocenters. The normalized spacial score (nSPS) is 10.4. The first-order valence-corrected chi connectivity index (χ1v) is 6.03. The molecule has 0 saturated heterocycles. The van der Waals surface area contributed by atoms with Gasteiger partial charge in [0, 0.05) is 17.0 Å². The first-order valence-electron chi connectivity index (χ1n) is 5.23. The van der Waals surface area contributed by atoms with Crippen molar-refractivity contribution in [3.63, 3.8) is 0 Å². The lowest BCUT2D eigenvalue weighted by molar-refractivity contribution is 0.850. The fourth-order valence-corrected chi connectivity index (χ4v) is 2.05. The van der Waals surface area contributed by atoms with E-state index in [1.807, 2.05) is 24.3 Å². The summed E-state index contributed by atoms with van der Waals surface area (Å²) in [7, 11) is 0. The molecule has 0 radical (unpaired) electrons. The Balaban J connectivity index is 2.09. The van der Waals surface area contributed by atoms with Crippen LogP contribution in [0.2, 0.25) is 0 Å². The molecule has 0 bridgehead atoms. The van der Waals surface area contributed by atoms with Crippen LogP contribution in [-0.2, 0) is 12.8 Å². The molecule has 2 aromatic rings. The van der Waals surface area contributed by atoms with Gasteiger partial charge in [0.05, 0.1) is 0 Å². The number of halogens is 1. The third-order valence-electron chi connectivity index (χ3n) is 2.35. The fraction of sp³-hybridized carbons (Fsp3) is 0.167. The van der Waals surface area contributed by atoms with Crippen molar-refractivity contribution >= 4 is 21.7 Å². The molecule has 5 heteroatoms. The van der Waals surface area contributed by atoms with Crippen LogP contribution in [0.25, 0.3) is 0 Å². The Morgan fingerprint density at radius 2 is 2.12 bits per heavy atom. The number of aryl methyl sites for hydroxylation is 2. The molecule has 88 valence electrons. The topological polar surface area (TPSA) is 71.8 Å². The molecule has 0 amide bonds. The summed E-state index contributed by atoms with van der Waals surface area (Å²) >= 11 is 3.42. The molecule has 1 aromatic heterocycles. The predicted molar refractivity (Wildman–Crippen MR) is 70.8 cm³/mol. The van der Waals surface area contributed by atoms with Gasteiger partial charge in [-0.1, -0.05) is 28.1 Å². The van der Waals surface area contributed by atoms with Crippen LogP contribution in [0.1, 0.15) is 11.4 Å². The van der Waals surface area contributed by atoms with Crippen LogP contribution >= 0.6 is 15.9 Å². The van der Waals surface area contributed by atoms with Gasteiger partial charge in [-0.3, -0.25) is 4.79 Å². The van der Waals surface area contributed by atoms with Crippen molar-refractivity contribution in [2.75, 3.05) is 5.73 Å². The van der Waals surface area contributed by atoms with Crippen LogP contribution < -0.4 is 11.3 Å². The van der Waals surface area contributed by atoms with Gasteiger partial charge in [0.2, 0.25) is 0 Å². The number of nitrogen functional groups attached to an aromatic ring is 1. The minimum Gasteiger partial charge on any atom is -0.383 e. The lowest BCUT2D eigenvalue weighted by Gasteiger charge is -2.02. The fourth-order valence-electron chi connectivity index (χ4n) is 1.60. The minimum absolute atomic E-state index is 0.207. The van der Waals surface area contributed by atoms with E-state index in [4.69, 9.17) is 5.73 Å². The molecule has 0 fully saturated rings. The Hall–Kier alpha value is -1.62. The molecular formula is C12H12BrN3O. The summed E-state index contributed by atoms with van der Waals surface area (Å²) in [5.74, 6) is 0.882. The largest absolute Gasteiger partial charge is 0.383 e. The van der Waals surface area contributed by atoms with Gasteiger partial charge < -0.3 is 10.7 Å². The van der Waals surface area contributed by atoms with Gasteiger partial charge >= 0.3 is 0 Å². The van der Waals surface area contributed by atoms with Gasteiger partial charge in [-0.25, -0.2) is 4.98 Å². The number of hydrogen-bond acceptors (Lipinski definition) is 3. The van der Waals surface area contributed by atoms with Crippen LogP contribution in [0.15, 0.2) is 39.6 Å². The zero-order chi connectivity index (χ0) is 12.3. The quantitative estimate of drug-likeness (QED) is 0.908. The van der Waals surface area contributed by atoms with Crippen LogP contribution in [0.4, 0.5) is 5.82 Å². The molecule has 0 saturated carbocycles. The Bertz CT molecular complexity index is 580. The molecule has 0 spiro atoms. The molecule has 0 aliphatic carbocycles. The molecule has 4 nitrogen and oxygen atoms in total. The van der Waals surface area contributed by atoms with E-state index in [0.717, 1.165) is 10.9 Å². The minimum atomic E-state index is -0.207. The number of nitrogens with zero attached hydrogens (tertiary/aromatic N) is 1. The number of nitrogens with two attached hydrogens (primary N) is 1. The summed E-state index contributed by atoms with van der Waals surface area (Å²) < 4.78 is 1.05.